The van der Waals surface area contributed by atoms with E-state index in [0.29, 0.717) is 12.3 Å². The van der Waals surface area contributed by atoms with E-state index in [1.807, 2.05) is 0 Å². The second-order valence-corrected chi connectivity index (χ2v) is 10.5. The van der Waals surface area contributed by atoms with Crippen molar-refractivity contribution >= 4 is 5.97 Å². The van der Waals surface area contributed by atoms with Gasteiger partial charge in [0.25, 0.3) is 0 Å². The van der Waals surface area contributed by atoms with Crippen LogP contribution in [0.25, 0.3) is 0 Å². The van der Waals surface area contributed by atoms with E-state index in [1.165, 1.54) is 24.0 Å². The Morgan fingerprint density at radius 3 is 2.61 bits per heavy atom. The van der Waals surface area contributed by atoms with E-state index in [-0.39, 0.29) is 17.5 Å². The van der Waals surface area contributed by atoms with Crippen LogP contribution in [-0.4, -0.2) is 36.1 Å². The molecule has 184 valence electrons. The molecule has 0 spiro atoms. The lowest BCUT2D eigenvalue weighted by Gasteiger charge is -2.46. The maximum Gasteiger partial charge on any atom is 0.311 e. The summed E-state index contributed by atoms with van der Waals surface area (Å²) in [5.41, 5.74) is 3.47. The number of hydrogen-bond acceptors (Lipinski definition) is 4. The maximum absolute atomic E-state index is 12.9. The van der Waals surface area contributed by atoms with E-state index in [9.17, 15) is 4.79 Å². The minimum Gasteiger partial charge on any atom is -0.487 e. The van der Waals surface area contributed by atoms with Crippen molar-refractivity contribution in [3.63, 3.8) is 0 Å². The van der Waals surface area contributed by atoms with Crippen molar-refractivity contribution in [2.45, 2.75) is 104 Å². The highest BCUT2D eigenvalue weighted by atomic mass is 16.5. The van der Waals surface area contributed by atoms with Gasteiger partial charge in [-0.2, -0.15) is 0 Å². The van der Waals surface area contributed by atoms with E-state index in [0.717, 1.165) is 68.8 Å². The highest BCUT2D eigenvalue weighted by molar-refractivity contribution is 5.74. The monoisotopic (exact) mass is 455 g/mol. The molecule has 4 nitrogen and oxygen atoms in total. The molecule has 0 fully saturated rings. The molecule has 33 heavy (non-hydrogen) atoms. The van der Waals surface area contributed by atoms with E-state index < -0.39 is 0 Å². The van der Waals surface area contributed by atoms with Gasteiger partial charge in [-0.3, -0.25) is 4.79 Å². The average molecular weight is 456 g/mol. The highest BCUT2D eigenvalue weighted by Gasteiger charge is 2.45. The first-order valence-electron chi connectivity index (χ1n) is 13.2. The molecule has 0 bridgehead atoms. The van der Waals surface area contributed by atoms with Gasteiger partial charge in [-0.05, 0) is 90.2 Å². The minimum atomic E-state index is -0.234. The van der Waals surface area contributed by atoms with Gasteiger partial charge in [0.05, 0.1) is 0 Å². The van der Waals surface area contributed by atoms with Crippen LogP contribution in [0.2, 0.25) is 0 Å². The summed E-state index contributed by atoms with van der Waals surface area (Å²) >= 11 is 0. The zero-order chi connectivity index (χ0) is 24.0. The van der Waals surface area contributed by atoms with Crippen molar-refractivity contribution in [1.29, 1.82) is 0 Å². The summed E-state index contributed by atoms with van der Waals surface area (Å²) < 4.78 is 12.7. The molecule has 0 saturated heterocycles. The van der Waals surface area contributed by atoms with Gasteiger partial charge in [-0.15, -0.1) is 0 Å². The third kappa shape index (κ3) is 6.41. The summed E-state index contributed by atoms with van der Waals surface area (Å²) in [6.07, 6.45) is 10.4. The van der Waals surface area contributed by atoms with Gasteiger partial charge in [-0.1, -0.05) is 45.3 Å². The molecule has 0 amide bonds. The van der Waals surface area contributed by atoms with Crippen LogP contribution in [0.5, 0.6) is 11.5 Å². The molecule has 1 aliphatic carbocycles. The lowest BCUT2D eigenvalue weighted by atomic mass is 9.68. The summed E-state index contributed by atoms with van der Waals surface area (Å²) in [7, 11) is 0. The first-order valence-corrected chi connectivity index (χ1v) is 13.2. The van der Waals surface area contributed by atoms with Gasteiger partial charge in [0.2, 0.25) is 0 Å². The number of unbranched alkanes of at least 4 members (excludes halogenated alkanes) is 2. The summed E-state index contributed by atoms with van der Waals surface area (Å²) in [5, 5.41) is 0. The van der Waals surface area contributed by atoms with Crippen LogP contribution in [-0.2, 0) is 11.2 Å². The van der Waals surface area contributed by atoms with E-state index in [2.05, 4.69) is 64.7 Å². The number of hydrogen-bond donors (Lipinski definition) is 0. The Morgan fingerprint density at radius 1 is 1.15 bits per heavy atom. The van der Waals surface area contributed by atoms with Gasteiger partial charge < -0.3 is 14.4 Å². The molecule has 1 aromatic rings. The quantitative estimate of drug-likeness (QED) is 0.155. The number of ether oxygens (including phenoxy) is 2. The lowest BCUT2D eigenvalue weighted by Crippen LogP contribution is -2.45. The topological polar surface area (TPSA) is 38.8 Å². The van der Waals surface area contributed by atoms with Crippen LogP contribution in [0.1, 0.15) is 104 Å². The molecule has 1 aliphatic heterocycles. The minimum absolute atomic E-state index is 0.132. The largest absolute Gasteiger partial charge is 0.487 e. The van der Waals surface area contributed by atoms with Crippen LogP contribution in [0.4, 0.5) is 0 Å². The van der Waals surface area contributed by atoms with Crippen molar-refractivity contribution in [1.82, 2.24) is 4.90 Å². The van der Waals surface area contributed by atoms with E-state index in [1.54, 1.807) is 0 Å². The highest BCUT2D eigenvalue weighted by Crippen LogP contribution is 2.53. The third-order valence-electron chi connectivity index (χ3n) is 7.55. The molecule has 0 aromatic heterocycles. The Bertz CT molecular complexity index is 838. The Kier molecular flexibility index (Phi) is 9.03. The van der Waals surface area contributed by atoms with Crippen LogP contribution in [0.15, 0.2) is 23.8 Å². The number of carbonyl (C=O) groups excluding carboxylic acids is 1. The van der Waals surface area contributed by atoms with Crippen molar-refractivity contribution in [3.8, 4) is 11.5 Å². The molecule has 0 N–H and O–H groups in total. The van der Waals surface area contributed by atoms with Gasteiger partial charge in [0.1, 0.15) is 17.1 Å². The molecule has 3 rings (SSSR count). The number of allylic oxidation sites excluding steroid dienone is 2. The zero-order valence-electron chi connectivity index (χ0n) is 21.8. The summed E-state index contributed by atoms with van der Waals surface area (Å²) in [4.78, 5) is 15.2. The predicted molar refractivity (Wildman–Crippen MR) is 136 cm³/mol. The fourth-order valence-electron chi connectivity index (χ4n) is 5.53. The second-order valence-electron chi connectivity index (χ2n) is 10.5. The predicted octanol–water partition coefficient (Wildman–Crippen LogP) is 7.06. The van der Waals surface area contributed by atoms with Crippen molar-refractivity contribution in [2.24, 2.45) is 5.92 Å². The Labute approximate surface area is 201 Å². The molecular formula is C29H45NO3. The van der Waals surface area contributed by atoms with Crippen LogP contribution in [0, 0.1) is 5.92 Å². The number of nitrogens with zero attached hydrogens (tertiary/aromatic N) is 1. The van der Waals surface area contributed by atoms with Crippen LogP contribution in [0.3, 0.4) is 0 Å². The molecule has 4 heteroatoms. The Morgan fingerprint density at radius 2 is 1.91 bits per heavy atom. The first-order chi connectivity index (χ1) is 15.8. The van der Waals surface area contributed by atoms with Crippen molar-refractivity contribution in [3.05, 3.63) is 34.9 Å². The molecule has 2 aliphatic rings. The van der Waals surface area contributed by atoms with Gasteiger partial charge >= 0.3 is 5.97 Å². The molecule has 2 atom stereocenters. The number of benzene rings is 1. The molecule has 1 heterocycles. The van der Waals surface area contributed by atoms with E-state index >= 15 is 0 Å². The molecule has 0 radical (unpaired) electrons. The summed E-state index contributed by atoms with van der Waals surface area (Å²) in [6.45, 7) is 16.2. The first kappa shape index (κ1) is 25.8. The van der Waals surface area contributed by atoms with Crippen LogP contribution >= 0.6 is 0 Å². The summed E-state index contributed by atoms with van der Waals surface area (Å²) in [5.74, 6) is 2.13. The smallest absolute Gasteiger partial charge is 0.311 e. The summed E-state index contributed by atoms with van der Waals surface area (Å²) in [6, 6.07) is 4.33. The fourth-order valence-corrected chi connectivity index (χ4v) is 5.53. The van der Waals surface area contributed by atoms with Gasteiger partial charge in [0, 0.05) is 23.8 Å². The van der Waals surface area contributed by atoms with E-state index in [4.69, 9.17) is 9.47 Å². The third-order valence-corrected chi connectivity index (χ3v) is 7.55. The molecule has 1 aromatic carbocycles. The standard InChI is InChI=1S/C29H45NO3/c1-7-10-11-13-22-19-25(32-27(31)14-12-17-30(8-2)9-3)28-23-18-21(4)15-16-24(23)29(5,6)33-26(28)20-22/h18-20,23-24H,7-17H2,1-6H3/t23-,24+/m1/s1. The van der Waals surface area contributed by atoms with Gasteiger partial charge in [-0.25, -0.2) is 0 Å². The zero-order valence-corrected chi connectivity index (χ0v) is 21.8. The number of esters is 1. The number of carbonyl (C=O) groups is 1. The second kappa shape index (κ2) is 11.6. The normalized spacial score (nSPS) is 21.1. The van der Waals surface area contributed by atoms with Crippen molar-refractivity contribution < 1.29 is 14.3 Å². The average Bonchev–Trinajstić information content (AvgIpc) is 2.76. The van der Waals surface area contributed by atoms with Gasteiger partial charge in [0.15, 0.2) is 0 Å². The number of aryl methyl sites for hydroxylation is 1. The van der Waals surface area contributed by atoms with Crippen molar-refractivity contribution in [2.75, 3.05) is 19.6 Å². The number of fused-ring (bicyclic) bond motifs is 3. The number of rotatable bonds is 11. The molecule has 0 unspecified atom stereocenters. The lowest BCUT2D eigenvalue weighted by molar-refractivity contribution is -0.134. The fraction of sp³-hybridized carbons (Fsp3) is 0.690. The van der Waals surface area contributed by atoms with Crippen LogP contribution < -0.4 is 9.47 Å². The Balaban J connectivity index is 1.88. The Hall–Kier alpha value is -1.81. The molecule has 0 saturated carbocycles. The maximum atomic E-state index is 12.9. The molecular weight excluding hydrogens is 410 g/mol. The SMILES string of the molecule is CCCCCc1cc(OC(=O)CCCN(CC)CC)c2c(c1)OC(C)(C)[C@H]1CCC(C)=C[C@@H]21.